The van der Waals surface area contributed by atoms with Gasteiger partial charge in [-0.05, 0) is 56.0 Å². The fourth-order valence-corrected chi connectivity index (χ4v) is 3.60. The summed E-state index contributed by atoms with van der Waals surface area (Å²) in [6, 6.07) is 10.6. The van der Waals surface area contributed by atoms with Crippen LogP contribution >= 0.6 is 0 Å². The van der Waals surface area contributed by atoms with Gasteiger partial charge in [0.25, 0.3) is 0 Å². The molecule has 0 spiro atoms. The van der Waals surface area contributed by atoms with E-state index in [9.17, 15) is 22.4 Å². The Morgan fingerprint density at radius 2 is 1.75 bits per heavy atom. The van der Waals surface area contributed by atoms with Crippen LogP contribution in [0.15, 0.2) is 42.5 Å². The average molecular weight is 447 g/mol. The van der Waals surface area contributed by atoms with E-state index in [1.54, 1.807) is 0 Å². The smallest absolute Gasteiger partial charge is 0.352 e. The summed E-state index contributed by atoms with van der Waals surface area (Å²) in [5, 5.41) is 7.07. The zero-order valence-electron chi connectivity index (χ0n) is 18.2. The number of nitrogens with zero attached hydrogens (tertiary/aromatic N) is 2. The molecule has 0 bridgehead atoms. The van der Waals surface area contributed by atoms with Crippen molar-refractivity contribution in [3.8, 4) is 0 Å². The van der Waals surface area contributed by atoms with E-state index in [4.69, 9.17) is 0 Å². The first-order valence-corrected chi connectivity index (χ1v) is 10.3. The molecule has 4 nitrogen and oxygen atoms in total. The van der Waals surface area contributed by atoms with Crippen LogP contribution in [0.5, 0.6) is 0 Å². The molecule has 0 aliphatic rings. The van der Waals surface area contributed by atoms with E-state index in [1.165, 1.54) is 5.56 Å². The van der Waals surface area contributed by atoms with Gasteiger partial charge in [0.05, 0.1) is 17.8 Å². The number of benzene rings is 2. The fraction of sp³-hybridized carbons (Fsp3) is 0.333. The maximum Gasteiger partial charge on any atom is 0.416 e. The van der Waals surface area contributed by atoms with Gasteiger partial charge in [0.15, 0.2) is 0 Å². The van der Waals surface area contributed by atoms with Gasteiger partial charge in [0, 0.05) is 18.7 Å². The predicted octanol–water partition coefficient (Wildman–Crippen LogP) is 5.26. The average Bonchev–Trinajstić information content (AvgIpc) is 2.99. The van der Waals surface area contributed by atoms with Crippen molar-refractivity contribution in [2.24, 2.45) is 0 Å². The highest BCUT2D eigenvalue weighted by molar-refractivity contribution is 5.76. The normalized spacial score (nSPS) is 11.6. The summed E-state index contributed by atoms with van der Waals surface area (Å²) < 4.78 is 54.4. The van der Waals surface area contributed by atoms with E-state index >= 15 is 0 Å². The third kappa shape index (κ3) is 5.75. The van der Waals surface area contributed by atoms with Crippen LogP contribution in [-0.4, -0.2) is 15.7 Å². The minimum Gasteiger partial charge on any atom is -0.352 e. The Morgan fingerprint density at radius 1 is 1.06 bits per heavy atom. The van der Waals surface area contributed by atoms with Gasteiger partial charge in [-0.15, -0.1) is 0 Å². The van der Waals surface area contributed by atoms with Gasteiger partial charge in [-0.25, -0.2) is 4.39 Å². The van der Waals surface area contributed by atoms with Crippen molar-refractivity contribution in [3.63, 3.8) is 0 Å². The molecule has 0 saturated carbocycles. The van der Waals surface area contributed by atoms with Crippen LogP contribution in [0.1, 0.15) is 45.6 Å². The first-order chi connectivity index (χ1) is 15.0. The van der Waals surface area contributed by atoms with Gasteiger partial charge in [0.1, 0.15) is 5.82 Å². The third-order valence-corrected chi connectivity index (χ3v) is 5.44. The van der Waals surface area contributed by atoms with E-state index in [-0.39, 0.29) is 24.4 Å². The molecular weight excluding hydrogens is 422 g/mol. The Bertz CT molecular complexity index is 1100. The summed E-state index contributed by atoms with van der Waals surface area (Å²) in [4.78, 5) is 12.3. The monoisotopic (exact) mass is 447 g/mol. The molecule has 32 heavy (non-hydrogen) atoms. The van der Waals surface area contributed by atoms with Crippen molar-refractivity contribution in [2.45, 2.75) is 52.9 Å². The van der Waals surface area contributed by atoms with Crippen LogP contribution < -0.4 is 5.32 Å². The van der Waals surface area contributed by atoms with Crippen molar-refractivity contribution in [1.29, 1.82) is 0 Å². The van der Waals surface area contributed by atoms with Crippen molar-refractivity contribution < 1.29 is 22.4 Å². The lowest BCUT2D eigenvalue weighted by atomic mass is 10.1. The molecule has 0 aliphatic heterocycles. The molecule has 0 fully saturated rings. The summed E-state index contributed by atoms with van der Waals surface area (Å²) in [5.41, 5.74) is 3.76. The Balaban J connectivity index is 1.61. The molecule has 0 radical (unpaired) electrons. The minimum absolute atomic E-state index is 0.112. The Kier molecular flexibility index (Phi) is 7.01. The molecule has 2 aromatic carbocycles. The van der Waals surface area contributed by atoms with Gasteiger partial charge < -0.3 is 5.32 Å². The van der Waals surface area contributed by atoms with E-state index in [1.807, 2.05) is 49.7 Å². The maximum absolute atomic E-state index is 13.2. The number of hydrogen-bond acceptors (Lipinski definition) is 2. The summed E-state index contributed by atoms with van der Waals surface area (Å²) in [6.45, 7) is 6.13. The summed E-state index contributed by atoms with van der Waals surface area (Å²) >= 11 is 0. The highest BCUT2D eigenvalue weighted by Crippen LogP contribution is 2.32. The summed E-state index contributed by atoms with van der Waals surface area (Å²) in [5.74, 6) is -1.35. The number of carbonyl (C=O) groups is 1. The van der Waals surface area contributed by atoms with Gasteiger partial charge in [-0.1, -0.05) is 35.9 Å². The molecule has 1 heterocycles. The van der Waals surface area contributed by atoms with Gasteiger partial charge in [-0.2, -0.15) is 18.3 Å². The molecule has 3 aromatic rings. The highest BCUT2D eigenvalue weighted by Gasteiger charge is 2.33. The third-order valence-electron chi connectivity index (χ3n) is 5.44. The lowest BCUT2D eigenvalue weighted by Crippen LogP contribution is -2.25. The standard InChI is InChI=1S/C24H25F4N3O/c1-15-4-6-18(7-5-15)14-31-17(3)21(16(2)30-31)10-11-23(32)29-13-19-8-9-20(25)12-22(19)24(26,27)28/h4-9,12H,10-11,13-14H2,1-3H3,(H,29,32). The first kappa shape index (κ1) is 23.5. The first-order valence-electron chi connectivity index (χ1n) is 10.3. The van der Waals surface area contributed by atoms with Gasteiger partial charge >= 0.3 is 6.18 Å². The zero-order valence-corrected chi connectivity index (χ0v) is 18.2. The second-order valence-electron chi connectivity index (χ2n) is 7.87. The lowest BCUT2D eigenvalue weighted by Gasteiger charge is -2.13. The molecule has 1 amide bonds. The van der Waals surface area contributed by atoms with Crippen LogP contribution in [0.2, 0.25) is 0 Å². The van der Waals surface area contributed by atoms with Crippen LogP contribution in [0.25, 0.3) is 0 Å². The molecule has 8 heteroatoms. The van der Waals surface area contributed by atoms with Crippen molar-refractivity contribution in [1.82, 2.24) is 15.1 Å². The number of carbonyl (C=O) groups excluding carboxylic acids is 1. The second-order valence-corrected chi connectivity index (χ2v) is 7.87. The molecule has 1 aromatic heterocycles. The number of aryl methyl sites for hydroxylation is 2. The van der Waals surface area contributed by atoms with Gasteiger partial charge in [0.2, 0.25) is 5.91 Å². The summed E-state index contributed by atoms with van der Waals surface area (Å²) in [6.07, 6.45) is -4.16. The topological polar surface area (TPSA) is 46.9 Å². The van der Waals surface area contributed by atoms with Crippen molar-refractivity contribution in [2.75, 3.05) is 0 Å². The number of aromatic nitrogens is 2. The lowest BCUT2D eigenvalue weighted by molar-refractivity contribution is -0.138. The highest BCUT2D eigenvalue weighted by atomic mass is 19.4. The van der Waals surface area contributed by atoms with Crippen LogP contribution in [0.4, 0.5) is 17.6 Å². The molecule has 0 unspecified atom stereocenters. The van der Waals surface area contributed by atoms with E-state index in [0.717, 1.165) is 34.6 Å². The molecule has 0 aliphatic carbocycles. The zero-order chi connectivity index (χ0) is 23.5. The predicted molar refractivity (Wildman–Crippen MR) is 114 cm³/mol. The largest absolute Gasteiger partial charge is 0.416 e. The van der Waals surface area contributed by atoms with Crippen LogP contribution in [0.3, 0.4) is 0 Å². The number of alkyl halides is 3. The maximum atomic E-state index is 13.2. The number of hydrogen-bond donors (Lipinski definition) is 1. The molecule has 0 saturated heterocycles. The van der Waals surface area contributed by atoms with Gasteiger partial charge in [-0.3, -0.25) is 9.48 Å². The van der Waals surface area contributed by atoms with Crippen molar-refractivity contribution in [3.05, 3.63) is 87.5 Å². The number of amides is 1. The van der Waals surface area contributed by atoms with E-state index in [0.29, 0.717) is 19.0 Å². The molecule has 3 rings (SSSR count). The Morgan fingerprint density at radius 3 is 2.41 bits per heavy atom. The van der Waals surface area contributed by atoms with Crippen LogP contribution in [-0.2, 0) is 30.5 Å². The van der Waals surface area contributed by atoms with E-state index < -0.39 is 17.6 Å². The van der Waals surface area contributed by atoms with Crippen LogP contribution in [0, 0.1) is 26.6 Å². The number of halogens is 4. The molecule has 170 valence electrons. The van der Waals surface area contributed by atoms with E-state index in [2.05, 4.69) is 10.4 Å². The molecule has 0 atom stereocenters. The number of rotatable bonds is 7. The summed E-state index contributed by atoms with van der Waals surface area (Å²) in [7, 11) is 0. The molecule has 1 N–H and O–H groups in total. The Labute approximate surface area is 184 Å². The Hall–Kier alpha value is -3.16. The quantitative estimate of drug-likeness (QED) is 0.502. The second kappa shape index (κ2) is 9.54. The number of nitrogens with one attached hydrogen (secondary N) is 1. The SMILES string of the molecule is Cc1ccc(Cn2nc(C)c(CCC(=O)NCc3ccc(F)cc3C(F)(F)F)c2C)cc1. The molecular formula is C24H25F4N3O. The van der Waals surface area contributed by atoms with Crippen molar-refractivity contribution >= 4 is 5.91 Å². The minimum atomic E-state index is -4.69. The fourth-order valence-electron chi connectivity index (χ4n) is 3.60.